The highest BCUT2D eigenvalue weighted by atomic mass is 16.2. The number of piperidine rings is 3. The molecule has 0 aliphatic carbocycles. The van der Waals surface area contributed by atoms with E-state index < -0.39 is 0 Å². The zero-order valence-corrected chi connectivity index (χ0v) is 14.2. The van der Waals surface area contributed by atoms with E-state index in [-0.39, 0.29) is 11.9 Å². The molecular weight excluding hydrogens is 286 g/mol. The standard InChI is InChI=1S/C19H25N3O/c1-4-16(23)22-18(15-10-12(2)9-13(3)11-15)19-17(20-22)14-5-7-21(19)8-6-14/h9-11,14,18-19H,4-8H2,1-3H3/t18-,19-/m0/s1. The van der Waals surface area contributed by atoms with Gasteiger partial charge in [0.1, 0.15) is 6.04 Å². The normalized spacial score (nSPS) is 32.0. The van der Waals surface area contributed by atoms with Crippen LogP contribution in [0.1, 0.15) is 48.9 Å². The lowest BCUT2D eigenvalue weighted by Crippen LogP contribution is -2.56. The predicted octanol–water partition coefficient (Wildman–Crippen LogP) is 3.05. The number of nitrogens with zero attached hydrogens (tertiary/aromatic N) is 3. The molecule has 5 rings (SSSR count). The smallest absolute Gasteiger partial charge is 0.243 e. The van der Waals surface area contributed by atoms with Crippen LogP contribution >= 0.6 is 0 Å². The number of amides is 1. The molecule has 1 aromatic carbocycles. The number of rotatable bonds is 2. The summed E-state index contributed by atoms with van der Waals surface area (Å²) < 4.78 is 0. The Labute approximate surface area is 138 Å². The van der Waals surface area contributed by atoms with Gasteiger partial charge in [0.05, 0.1) is 11.8 Å². The molecule has 2 atom stereocenters. The number of carbonyl (C=O) groups is 1. The summed E-state index contributed by atoms with van der Waals surface area (Å²) in [5.41, 5.74) is 5.01. The fourth-order valence-corrected chi connectivity index (χ4v) is 4.60. The first-order chi connectivity index (χ1) is 11.1. The quantitative estimate of drug-likeness (QED) is 0.841. The summed E-state index contributed by atoms with van der Waals surface area (Å²) in [5, 5.41) is 6.64. The van der Waals surface area contributed by atoms with Crippen LogP contribution < -0.4 is 0 Å². The van der Waals surface area contributed by atoms with Crippen LogP contribution in [0.15, 0.2) is 23.3 Å². The number of benzene rings is 1. The molecule has 4 heteroatoms. The van der Waals surface area contributed by atoms with Crippen LogP contribution in [-0.2, 0) is 4.79 Å². The van der Waals surface area contributed by atoms with Crippen LogP contribution in [0.4, 0.5) is 0 Å². The van der Waals surface area contributed by atoms with Crippen molar-refractivity contribution in [2.24, 2.45) is 11.0 Å². The van der Waals surface area contributed by atoms with Crippen molar-refractivity contribution in [3.8, 4) is 0 Å². The van der Waals surface area contributed by atoms with E-state index in [9.17, 15) is 4.79 Å². The van der Waals surface area contributed by atoms with Crippen molar-refractivity contribution in [1.82, 2.24) is 9.91 Å². The summed E-state index contributed by atoms with van der Waals surface area (Å²) in [5.74, 6) is 0.713. The molecule has 1 aromatic rings. The molecule has 3 fully saturated rings. The van der Waals surface area contributed by atoms with E-state index in [0.29, 0.717) is 18.4 Å². The fourth-order valence-electron chi connectivity index (χ4n) is 4.60. The third-order valence-electron chi connectivity index (χ3n) is 5.57. The van der Waals surface area contributed by atoms with E-state index in [1.54, 1.807) is 5.01 Å². The molecule has 2 bridgehead atoms. The third kappa shape index (κ3) is 2.31. The third-order valence-corrected chi connectivity index (χ3v) is 5.57. The van der Waals surface area contributed by atoms with E-state index in [1.165, 1.54) is 35.2 Å². The number of aryl methyl sites for hydroxylation is 2. The van der Waals surface area contributed by atoms with Gasteiger partial charge in [0.2, 0.25) is 5.91 Å². The Bertz CT molecular complexity index is 653. The van der Waals surface area contributed by atoms with Crippen LogP contribution in [0.25, 0.3) is 0 Å². The SMILES string of the molecule is CCC(=O)N1N=C2C3CCN(CC3)[C@@H]2[C@@H]1c1cc(C)cc(C)c1. The number of fused-ring (bicyclic) bond motifs is 2. The summed E-state index contributed by atoms with van der Waals surface area (Å²) in [6, 6.07) is 7.00. The van der Waals surface area contributed by atoms with E-state index in [4.69, 9.17) is 5.10 Å². The molecular formula is C19H25N3O. The van der Waals surface area contributed by atoms with E-state index in [2.05, 4.69) is 36.9 Å². The van der Waals surface area contributed by atoms with Gasteiger partial charge in [0.15, 0.2) is 0 Å². The fraction of sp³-hybridized carbons (Fsp3) is 0.579. The molecule has 4 aliphatic rings. The minimum absolute atomic E-state index is 0.0548. The van der Waals surface area contributed by atoms with Crippen LogP contribution in [0.3, 0.4) is 0 Å². The van der Waals surface area contributed by atoms with Crippen LogP contribution in [0.2, 0.25) is 0 Å². The lowest BCUT2D eigenvalue weighted by molar-refractivity contribution is -0.133. The van der Waals surface area contributed by atoms with Crippen LogP contribution in [-0.4, -0.2) is 40.7 Å². The zero-order valence-electron chi connectivity index (χ0n) is 14.2. The molecule has 4 nitrogen and oxygen atoms in total. The van der Waals surface area contributed by atoms with Gasteiger partial charge in [-0.3, -0.25) is 9.69 Å². The Hall–Kier alpha value is -1.68. The molecule has 0 spiro atoms. The van der Waals surface area contributed by atoms with Crippen LogP contribution in [0.5, 0.6) is 0 Å². The van der Waals surface area contributed by atoms with Gasteiger partial charge in [-0.15, -0.1) is 0 Å². The van der Waals surface area contributed by atoms with Gasteiger partial charge in [0.25, 0.3) is 0 Å². The Morgan fingerprint density at radius 3 is 2.39 bits per heavy atom. The maximum absolute atomic E-state index is 12.5. The highest BCUT2D eigenvalue weighted by molar-refractivity contribution is 5.97. The topological polar surface area (TPSA) is 35.9 Å². The molecule has 4 heterocycles. The molecule has 4 aliphatic heterocycles. The van der Waals surface area contributed by atoms with E-state index >= 15 is 0 Å². The first-order valence-electron chi connectivity index (χ1n) is 8.81. The first-order valence-corrected chi connectivity index (χ1v) is 8.81. The molecule has 0 aromatic heterocycles. The summed E-state index contributed by atoms with van der Waals surface area (Å²) in [4.78, 5) is 15.1. The predicted molar refractivity (Wildman–Crippen MR) is 91.3 cm³/mol. The minimum atomic E-state index is 0.0548. The Morgan fingerprint density at radius 1 is 1.13 bits per heavy atom. The molecule has 3 saturated heterocycles. The molecule has 23 heavy (non-hydrogen) atoms. The molecule has 0 radical (unpaired) electrons. The zero-order chi connectivity index (χ0) is 16.1. The summed E-state index contributed by atoms with van der Waals surface area (Å²) in [6.07, 6.45) is 2.90. The average molecular weight is 311 g/mol. The van der Waals surface area contributed by atoms with Gasteiger partial charge in [-0.25, -0.2) is 5.01 Å². The van der Waals surface area contributed by atoms with Gasteiger partial charge in [0, 0.05) is 12.3 Å². The lowest BCUT2D eigenvalue weighted by atomic mass is 9.78. The number of hydrazone groups is 1. The Kier molecular flexibility index (Phi) is 3.52. The van der Waals surface area contributed by atoms with Gasteiger partial charge < -0.3 is 0 Å². The number of carbonyl (C=O) groups excluding carboxylic acids is 1. The summed E-state index contributed by atoms with van der Waals surface area (Å²) >= 11 is 0. The monoisotopic (exact) mass is 311 g/mol. The maximum Gasteiger partial charge on any atom is 0.243 e. The summed E-state index contributed by atoms with van der Waals surface area (Å²) in [7, 11) is 0. The van der Waals surface area contributed by atoms with Crippen molar-refractivity contribution in [3.63, 3.8) is 0 Å². The second-order valence-corrected chi connectivity index (χ2v) is 7.24. The van der Waals surface area contributed by atoms with Crippen LogP contribution in [0, 0.1) is 19.8 Å². The molecule has 122 valence electrons. The lowest BCUT2D eigenvalue weighted by Gasteiger charge is -2.46. The van der Waals surface area contributed by atoms with Gasteiger partial charge >= 0.3 is 0 Å². The second kappa shape index (κ2) is 5.45. The number of hydrogen-bond donors (Lipinski definition) is 0. The van der Waals surface area contributed by atoms with Gasteiger partial charge in [-0.2, -0.15) is 5.10 Å². The maximum atomic E-state index is 12.5. The molecule has 0 unspecified atom stereocenters. The van der Waals surface area contributed by atoms with Crippen molar-refractivity contribution < 1.29 is 4.79 Å². The van der Waals surface area contributed by atoms with Crippen molar-refractivity contribution in [2.45, 2.75) is 52.1 Å². The second-order valence-electron chi connectivity index (χ2n) is 7.24. The molecule has 1 amide bonds. The minimum Gasteiger partial charge on any atom is -0.293 e. The highest BCUT2D eigenvalue weighted by Gasteiger charge is 2.50. The van der Waals surface area contributed by atoms with E-state index in [1.807, 2.05) is 6.92 Å². The van der Waals surface area contributed by atoms with Gasteiger partial charge in [-0.1, -0.05) is 36.2 Å². The van der Waals surface area contributed by atoms with Gasteiger partial charge in [-0.05, 0) is 45.3 Å². The average Bonchev–Trinajstić information content (AvgIpc) is 2.97. The highest BCUT2D eigenvalue weighted by Crippen LogP contribution is 2.43. The van der Waals surface area contributed by atoms with Crippen molar-refractivity contribution >= 4 is 11.6 Å². The Balaban J connectivity index is 1.80. The molecule has 0 saturated carbocycles. The first kappa shape index (κ1) is 14.9. The largest absolute Gasteiger partial charge is 0.293 e. The number of hydrogen-bond acceptors (Lipinski definition) is 3. The Morgan fingerprint density at radius 2 is 1.78 bits per heavy atom. The van der Waals surface area contributed by atoms with Crippen molar-refractivity contribution in [3.05, 3.63) is 34.9 Å². The molecule has 0 N–H and O–H groups in total. The van der Waals surface area contributed by atoms with E-state index in [0.717, 1.165) is 13.1 Å². The summed E-state index contributed by atoms with van der Waals surface area (Å²) in [6.45, 7) is 8.48. The van der Waals surface area contributed by atoms with Crippen molar-refractivity contribution in [2.75, 3.05) is 13.1 Å². The van der Waals surface area contributed by atoms with Crippen molar-refractivity contribution in [1.29, 1.82) is 0 Å².